The molecule has 0 aliphatic carbocycles. The van der Waals surface area contributed by atoms with Gasteiger partial charge in [-0.25, -0.2) is 9.98 Å². The van der Waals surface area contributed by atoms with Gasteiger partial charge in [-0.1, -0.05) is 30.3 Å². The van der Waals surface area contributed by atoms with Crippen LogP contribution in [-0.2, 0) is 0 Å². The molecule has 0 saturated carbocycles. The van der Waals surface area contributed by atoms with E-state index in [2.05, 4.69) is 16.6 Å². The minimum Gasteiger partial charge on any atom is -0.371 e. The fourth-order valence-electron chi connectivity index (χ4n) is 1.63. The topological polar surface area (TPSA) is 45.0 Å². The molecule has 0 amide bonds. The second-order valence-corrected chi connectivity index (χ2v) is 3.92. The molecule has 1 aliphatic rings. The summed E-state index contributed by atoms with van der Waals surface area (Å²) in [6.45, 7) is 6.02. The molecule has 1 aromatic rings. The van der Waals surface area contributed by atoms with E-state index in [1.165, 1.54) is 11.9 Å². The van der Waals surface area contributed by atoms with Crippen LogP contribution in [0.2, 0.25) is 0 Å². The van der Waals surface area contributed by atoms with Gasteiger partial charge in [0, 0.05) is 12.1 Å². The van der Waals surface area contributed by atoms with Gasteiger partial charge in [0.25, 0.3) is 0 Å². The van der Waals surface area contributed by atoms with Gasteiger partial charge in [-0.2, -0.15) is 0 Å². The molecular formula is C13H14N2O. The molecule has 0 fully saturated rings. The smallest absolute Gasteiger partial charge is 0.152 e. The van der Waals surface area contributed by atoms with Gasteiger partial charge < -0.3 is 5.11 Å². The summed E-state index contributed by atoms with van der Waals surface area (Å²) in [5.74, 6) is 0. The van der Waals surface area contributed by atoms with E-state index in [1.807, 2.05) is 31.2 Å². The van der Waals surface area contributed by atoms with Crippen molar-refractivity contribution in [3.63, 3.8) is 0 Å². The lowest BCUT2D eigenvalue weighted by Crippen LogP contribution is -2.25. The van der Waals surface area contributed by atoms with Crippen molar-refractivity contribution in [2.45, 2.75) is 19.6 Å². The number of benzene rings is 1. The molecule has 1 unspecified atom stereocenters. The maximum Gasteiger partial charge on any atom is 0.152 e. The Morgan fingerprint density at radius 3 is 3.00 bits per heavy atom. The van der Waals surface area contributed by atoms with E-state index in [0.29, 0.717) is 6.42 Å². The van der Waals surface area contributed by atoms with Gasteiger partial charge in [0.05, 0.1) is 0 Å². The highest BCUT2D eigenvalue weighted by Gasteiger charge is 2.07. The normalized spacial score (nSPS) is 21.0. The number of aliphatic imine (C=N–C) groups is 2. The molecule has 1 N–H and O–H groups in total. The third-order valence-corrected chi connectivity index (χ3v) is 2.47. The molecule has 3 nitrogen and oxygen atoms in total. The Balaban J connectivity index is 2.41. The number of hydrogen-bond donors (Lipinski definition) is 1. The Kier molecular flexibility index (Phi) is 2.97. The highest BCUT2D eigenvalue weighted by molar-refractivity contribution is 6.13. The average Bonchev–Trinajstić information content (AvgIpc) is 2.22. The first kappa shape index (κ1) is 10.8. The number of hydrogen-bond acceptors (Lipinski definition) is 3. The predicted molar refractivity (Wildman–Crippen MR) is 67.0 cm³/mol. The minimum atomic E-state index is -0.664. The molecular weight excluding hydrogens is 200 g/mol. The maximum atomic E-state index is 9.36. The van der Waals surface area contributed by atoms with Gasteiger partial charge >= 0.3 is 0 Å². The Morgan fingerprint density at radius 1 is 1.50 bits per heavy atom. The summed E-state index contributed by atoms with van der Waals surface area (Å²) in [7, 11) is 0. The van der Waals surface area contributed by atoms with Gasteiger partial charge in [0.15, 0.2) is 6.23 Å². The third kappa shape index (κ3) is 2.44. The molecule has 1 heterocycles. The first-order valence-corrected chi connectivity index (χ1v) is 5.19. The highest BCUT2D eigenvalue weighted by atomic mass is 16.3. The Hall–Kier alpha value is -1.74. The summed E-state index contributed by atoms with van der Waals surface area (Å²) in [6, 6.07) is 6.08. The molecule has 1 aromatic carbocycles. The second kappa shape index (κ2) is 4.41. The van der Waals surface area contributed by atoms with Crippen molar-refractivity contribution in [2.24, 2.45) is 9.98 Å². The second-order valence-electron chi connectivity index (χ2n) is 3.92. The van der Waals surface area contributed by atoms with Crippen LogP contribution in [0.3, 0.4) is 0 Å². The van der Waals surface area contributed by atoms with Gasteiger partial charge in [-0.05, 0) is 23.4 Å². The van der Waals surface area contributed by atoms with Crippen molar-refractivity contribution in [1.29, 1.82) is 0 Å². The fourth-order valence-corrected chi connectivity index (χ4v) is 1.63. The molecule has 0 saturated heterocycles. The van der Waals surface area contributed by atoms with E-state index in [0.717, 1.165) is 16.1 Å². The highest BCUT2D eigenvalue weighted by Crippen LogP contribution is 2.01. The zero-order valence-corrected chi connectivity index (χ0v) is 9.22. The van der Waals surface area contributed by atoms with Crippen molar-refractivity contribution in [3.05, 3.63) is 34.2 Å². The number of aliphatic hydroxyl groups is 1. The summed E-state index contributed by atoms with van der Waals surface area (Å²) in [5, 5.41) is 11.4. The van der Waals surface area contributed by atoms with E-state index >= 15 is 0 Å². The molecule has 1 atom stereocenters. The summed E-state index contributed by atoms with van der Waals surface area (Å²) in [5.41, 5.74) is 2.02. The van der Waals surface area contributed by atoms with Gasteiger partial charge in [-0.15, -0.1) is 0 Å². The van der Waals surface area contributed by atoms with Crippen LogP contribution in [0.25, 0.3) is 12.7 Å². The van der Waals surface area contributed by atoms with Gasteiger partial charge in [-0.3, -0.25) is 0 Å². The zero-order valence-electron chi connectivity index (χ0n) is 9.22. The van der Waals surface area contributed by atoms with Crippen LogP contribution >= 0.6 is 0 Å². The quantitative estimate of drug-likeness (QED) is 0.721. The van der Waals surface area contributed by atoms with Crippen LogP contribution in [0.4, 0.5) is 0 Å². The summed E-state index contributed by atoms with van der Waals surface area (Å²) < 4.78 is 0. The van der Waals surface area contributed by atoms with Crippen LogP contribution in [-0.4, -0.2) is 23.4 Å². The largest absolute Gasteiger partial charge is 0.371 e. The summed E-state index contributed by atoms with van der Waals surface area (Å²) in [6.07, 6.45) is 3.14. The Morgan fingerprint density at radius 2 is 2.31 bits per heavy atom. The third-order valence-electron chi connectivity index (χ3n) is 2.47. The Labute approximate surface area is 94.2 Å². The van der Waals surface area contributed by atoms with Crippen molar-refractivity contribution in [3.8, 4) is 0 Å². The maximum absolute atomic E-state index is 9.36. The van der Waals surface area contributed by atoms with Crippen molar-refractivity contribution in [1.82, 2.24) is 0 Å². The lowest BCUT2D eigenvalue weighted by atomic mass is 10.1. The molecule has 0 radical (unpaired) electrons. The average molecular weight is 214 g/mol. The standard InChI is InChI=1S/C13H14N2O/c1-9-3-4-11(10(2)5-9)6-12-7-13(16)15-8-14-12/h3-6,8,13,16H,2,7H2,1H3/b11-6-. The van der Waals surface area contributed by atoms with Crippen LogP contribution < -0.4 is 10.4 Å². The number of aryl methyl sites for hydroxylation is 1. The molecule has 1 aliphatic heterocycles. The van der Waals surface area contributed by atoms with E-state index < -0.39 is 6.23 Å². The van der Waals surface area contributed by atoms with E-state index in [1.54, 1.807) is 0 Å². The molecule has 0 aromatic heterocycles. The molecule has 16 heavy (non-hydrogen) atoms. The van der Waals surface area contributed by atoms with Crippen molar-refractivity contribution >= 4 is 24.7 Å². The number of aliphatic hydroxyl groups excluding tert-OH is 1. The van der Waals surface area contributed by atoms with Crippen LogP contribution in [0, 0.1) is 6.92 Å². The van der Waals surface area contributed by atoms with E-state index in [-0.39, 0.29) is 0 Å². The molecule has 2 rings (SSSR count). The van der Waals surface area contributed by atoms with Crippen LogP contribution in [0.1, 0.15) is 12.0 Å². The molecule has 82 valence electrons. The van der Waals surface area contributed by atoms with Crippen LogP contribution in [0.15, 0.2) is 28.2 Å². The number of rotatable bonds is 1. The molecule has 0 spiro atoms. The Bertz CT molecular complexity index is 558. The molecule has 0 bridgehead atoms. The van der Waals surface area contributed by atoms with Gasteiger partial charge in [0.1, 0.15) is 6.34 Å². The van der Waals surface area contributed by atoms with E-state index in [9.17, 15) is 5.11 Å². The number of nitrogens with zero attached hydrogens (tertiary/aromatic N) is 2. The monoisotopic (exact) mass is 214 g/mol. The first-order valence-electron chi connectivity index (χ1n) is 5.19. The van der Waals surface area contributed by atoms with Crippen LogP contribution in [0.5, 0.6) is 0 Å². The lowest BCUT2D eigenvalue weighted by Gasteiger charge is -2.08. The predicted octanol–water partition coefficient (Wildman–Crippen LogP) is 0.377. The van der Waals surface area contributed by atoms with Crippen molar-refractivity contribution in [2.75, 3.05) is 0 Å². The zero-order chi connectivity index (χ0) is 11.5. The SMILES string of the molecule is C=c1cc(C)cc/c1=C/C1=NC=NC(O)C1. The minimum absolute atomic E-state index is 0.462. The summed E-state index contributed by atoms with van der Waals surface area (Å²) in [4.78, 5) is 7.89. The molecule has 3 heteroatoms. The van der Waals surface area contributed by atoms with E-state index in [4.69, 9.17) is 0 Å². The van der Waals surface area contributed by atoms with Crippen molar-refractivity contribution < 1.29 is 5.11 Å². The first-order chi connectivity index (χ1) is 7.65. The van der Waals surface area contributed by atoms with Gasteiger partial charge in [0.2, 0.25) is 0 Å². The lowest BCUT2D eigenvalue weighted by molar-refractivity contribution is 0.192. The summed E-state index contributed by atoms with van der Waals surface area (Å²) >= 11 is 0. The fraction of sp³-hybridized carbons (Fsp3) is 0.231.